The van der Waals surface area contributed by atoms with E-state index in [4.69, 9.17) is 11.6 Å². The highest BCUT2D eigenvalue weighted by atomic mass is 15.0. The molecule has 0 atom stereocenters. The third-order valence-corrected chi connectivity index (χ3v) is 5.59. The Bertz CT molecular complexity index is 1700. The van der Waals surface area contributed by atoms with E-state index in [0.29, 0.717) is 11.5 Å². The molecule has 166 valence electrons. The van der Waals surface area contributed by atoms with E-state index in [9.17, 15) is 0 Å². The summed E-state index contributed by atoms with van der Waals surface area (Å²) in [6, 6.07) is 21.1. The minimum Gasteiger partial charge on any atom is -0.355 e. The van der Waals surface area contributed by atoms with Crippen molar-refractivity contribution in [3.05, 3.63) is 103 Å². The summed E-state index contributed by atoms with van der Waals surface area (Å²) in [5, 5.41) is 7.64. The van der Waals surface area contributed by atoms with E-state index in [2.05, 4.69) is 35.4 Å². The molecule has 0 fully saturated rings. The predicted molar refractivity (Wildman–Crippen MR) is 138 cm³/mol. The summed E-state index contributed by atoms with van der Waals surface area (Å²) in [6.07, 6.45) is 7.02. The van der Waals surface area contributed by atoms with Crippen molar-refractivity contribution >= 4 is 50.4 Å². The molecule has 4 aromatic heterocycles. The summed E-state index contributed by atoms with van der Waals surface area (Å²) in [6.45, 7) is 7.28. The molecular formula is C27H18N8. The van der Waals surface area contributed by atoms with Crippen LogP contribution in [0.3, 0.4) is 0 Å². The van der Waals surface area contributed by atoms with Crippen molar-refractivity contribution < 1.29 is 0 Å². The number of nitrogens with zero attached hydrogens (tertiary/aromatic N) is 5. The van der Waals surface area contributed by atoms with Gasteiger partial charge in [0.25, 0.3) is 0 Å². The summed E-state index contributed by atoms with van der Waals surface area (Å²) in [4.78, 5) is 24.6. The van der Waals surface area contributed by atoms with Crippen LogP contribution >= 0.6 is 0 Å². The van der Waals surface area contributed by atoms with Gasteiger partial charge in [-0.05, 0) is 60.7 Å². The van der Waals surface area contributed by atoms with Gasteiger partial charge in [0, 0.05) is 41.0 Å². The van der Waals surface area contributed by atoms with E-state index in [1.54, 1.807) is 30.9 Å². The van der Waals surface area contributed by atoms with Crippen molar-refractivity contribution in [1.29, 1.82) is 0 Å². The lowest BCUT2D eigenvalue weighted by Crippen LogP contribution is -1.94. The monoisotopic (exact) mass is 454 g/mol. The lowest BCUT2D eigenvalue weighted by molar-refractivity contribution is 1.24. The van der Waals surface area contributed by atoms with Crippen molar-refractivity contribution in [2.75, 3.05) is 10.6 Å². The molecule has 8 nitrogen and oxygen atoms in total. The molecular weight excluding hydrogens is 436 g/mol. The van der Waals surface area contributed by atoms with E-state index in [1.807, 2.05) is 60.7 Å². The van der Waals surface area contributed by atoms with Crippen molar-refractivity contribution in [3.8, 4) is 11.5 Å². The van der Waals surface area contributed by atoms with Crippen LogP contribution in [0.2, 0.25) is 0 Å². The van der Waals surface area contributed by atoms with Crippen LogP contribution in [0.4, 0.5) is 28.4 Å². The van der Waals surface area contributed by atoms with Gasteiger partial charge in [0.15, 0.2) is 11.5 Å². The highest BCUT2D eigenvalue weighted by molar-refractivity contribution is 5.95. The van der Waals surface area contributed by atoms with Gasteiger partial charge in [-0.2, -0.15) is 0 Å². The summed E-state index contributed by atoms with van der Waals surface area (Å²) >= 11 is 0. The number of hydrogen-bond donors (Lipinski definition) is 3. The van der Waals surface area contributed by atoms with Gasteiger partial charge >= 0.3 is 0 Å². The highest BCUT2D eigenvalue weighted by Crippen LogP contribution is 2.29. The highest BCUT2D eigenvalue weighted by Gasteiger charge is 2.09. The largest absolute Gasteiger partial charge is 0.355 e. The van der Waals surface area contributed by atoms with Gasteiger partial charge in [-0.25, -0.2) is 9.83 Å². The van der Waals surface area contributed by atoms with Crippen LogP contribution in [0.5, 0.6) is 0 Å². The molecule has 6 rings (SSSR count). The lowest BCUT2D eigenvalue weighted by atomic mass is 10.1. The fraction of sp³-hybridized carbons (Fsp3) is 0. The standard InChI is InChI=1S/C27H18N8/c1-28-18-2-5-22-21(14-18)23(10-13-30-22)33-20-4-7-25(31-16-20)27-34-24-6-3-19(15-26(24)35-27)32-17-8-11-29-12-9-17/h2-16H,(H,29,32)(H,30,33)(H,34,35). The average Bonchev–Trinajstić information content (AvgIpc) is 3.33. The molecule has 0 bridgehead atoms. The topological polar surface area (TPSA) is 95.8 Å². The molecule has 0 aliphatic carbocycles. The molecule has 0 amide bonds. The molecule has 8 heteroatoms. The van der Waals surface area contributed by atoms with Gasteiger partial charge in [0.2, 0.25) is 0 Å². The smallest absolute Gasteiger partial charge is 0.188 e. The number of nitrogens with one attached hydrogen (secondary N) is 3. The number of benzene rings is 2. The second kappa shape index (κ2) is 8.57. The van der Waals surface area contributed by atoms with E-state index in [1.165, 1.54) is 0 Å². The molecule has 6 aromatic rings. The summed E-state index contributed by atoms with van der Waals surface area (Å²) in [5.74, 6) is 0.698. The Morgan fingerprint density at radius 3 is 2.43 bits per heavy atom. The number of H-pyrrole nitrogens is 1. The predicted octanol–water partition coefficient (Wildman–Crippen LogP) is 6.61. The second-order valence-electron chi connectivity index (χ2n) is 7.91. The minimum absolute atomic E-state index is 0.575. The van der Waals surface area contributed by atoms with E-state index in [-0.39, 0.29) is 0 Å². The lowest BCUT2D eigenvalue weighted by Gasteiger charge is -2.10. The molecule has 0 saturated heterocycles. The third-order valence-electron chi connectivity index (χ3n) is 5.59. The average molecular weight is 454 g/mol. The number of hydrogen-bond acceptors (Lipinski definition) is 6. The Morgan fingerprint density at radius 1 is 0.743 bits per heavy atom. The van der Waals surface area contributed by atoms with Crippen molar-refractivity contribution in [2.24, 2.45) is 0 Å². The maximum atomic E-state index is 7.28. The first-order valence-electron chi connectivity index (χ1n) is 10.9. The molecule has 0 spiro atoms. The van der Waals surface area contributed by atoms with Crippen LogP contribution < -0.4 is 10.6 Å². The molecule has 0 aliphatic rings. The number of aromatic amines is 1. The summed E-state index contributed by atoms with van der Waals surface area (Å²) < 4.78 is 0. The van der Waals surface area contributed by atoms with E-state index < -0.39 is 0 Å². The van der Waals surface area contributed by atoms with Crippen LogP contribution in [0.15, 0.2) is 91.5 Å². The van der Waals surface area contributed by atoms with Crippen LogP contribution in [0.1, 0.15) is 0 Å². The Labute approximate surface area is 200 Å². The third kappa shape index (κ3) is 4.10. The Balaban J connectivity index is 1.25. The van der Waals surface area contributed by atoms with Crippen molar-refractivity contribution in [2.45, 2.75) is 0 Å². The van der Waals surface area contributed by atoms with Gasteiger partial charge in [0.1, 0.15) is 5.69 Å². The van der Waals surface area contributed by atoms with Crippen molar-refractivity contribution in [1.82, 2.24) is 24.9 Å². The molecule has 35 heavy (non-hydrogen) atoms. The Kier molecular flexibility index (Phi) is 4.98. The van der Waals surface area contributed by atoms with Gasteiger partial charge in [-0.15, -0.1) is 0 Å². The Hall–Kier alpha value is -5.29. The first kappa shape index (κ1) is 20.3. The second-order valence-corrected chi connectivity index (χ2v) is 7.91. The van der Waals surface area contributed by atoms with E-state index in [0.717, 1.165) is 50.4 Å². The normalized spacial score (nSPS) is 10.8. The molecule has 3 N–H and O–H groups in total. The summed E-state index contributed by atoms with van der Waals surface area (Å²) in [7, 11) is 0. The number of anilines is 4. The van der Waals surface area contributed by atoms with Crippen LogP contribution in [-0.2, 0) is 0 Å². The fourth-order valence-electron chi connectivity index (χ4n) is 3.89. The number of imidazole rings is 1. The van der Waals surface area contributed by atoms with E-state index >= 15 is 0 Å². The van der Waals surface area contributed by atoms with Crippen LogP contribution in [0.25, 0.3) is 38.3 Å². The maximum Gasteiger partial charge on any atom is 0.188 e. The van der Waals surface area contributed by atoms with Gasteiger partial charge in [-0.1, -0.05) is 6.07 Å². The maximum absolute atomic E-state index is 7.28. The Morgan fingerprint density at radius 2 is 1.60 bits per heavy atom. The zero-order valence-electron chi connectivity index (χ0n) is 18.4. The van der Waals surface area contributed by atoms with Crippen LogP contribution in [-0.4, -0.2) is 24.9 Å². The van der Waals surface area contributed by atoms with Gasteiger partial charge < -0.3 is 15.6 Å². The number of fused-ring (bicyclic) bond motifs is 2. The molecule has 0 radical (unpaired) electrons. The van der Waals surface area contributed by atoms with Crippen molar-refractivity contribution in [3.63, 3.8) is 0 Å². The number of rotatable bonds is 5. The number of pyridine rings is 3. The molecule has 4 heterocycles. The zero-order valence-corrected chi connectivity index (χ0v) is 18.4. The zero-order chi connectivity index (χ0) is 23.6. The van der Waals surface area contributed by atoms with Gasteiger partial charge in [0.05, 0.1) is 35.0 Å². The minimum atomic E-state index is 0.575. The first-order valence-corrected chi connectivity index (χ1v) is 10.9. The molecule has 0 saturated carbocycles. The number of aromatic nitrogens is 5. The quantitative estimate of drug-likeness (QED) is 0.254. The molecule has 2 aromatic carbocycles. The molecule has 0 aliphatic heterocycles. The van der Waals surface area contributed by atoms with Crippen LogP contribution in [0, 0.1) is 6.57 Å². The summed E-state index contributed by atoms with van der Waals surface area (Å²) in [5.41, 5.74) is 7.55. The molecule has 0 unspecified atom stereocenters. The first-order chi connectivity index (χ1) is 17.2. The SMILES string of the molecule is [C-]#[N+]c1ccc2nccc(Nc3ccc(-c4nc5ccc(Nc6ccncc6)cc5[nH]4)nc3)c2c1. The van der Waals surface area contributed by atoms with Gasteiger partial charge in [-0.3, -0.25) is 15.0 Å². The fourth-order valence-corrected chi connectivity index (χ4v) is 3.89.